The van der Waals surface area contributed by atoms with E-state index in [9.17, 15) is 0 Å². The molecule has 20 heavy (non-hydrogen) atoms. The fraction of sp³-hybridized carbons (Fsp3) is 0.647. The molecular weight excluding hydrogens is 248 g/mol. The first kappa shape index (κ1) is 13.9. The Balaban J connectivity index is 1.63. The highest BCUT2D eigenvalue weighted by Gasteiger charge is 2.30. The lowest BCUT2D eigenvalue weighted by atomic mass is 9.87. The summed E-state index contributed by atoms with van der Waals surface area (Å²) in [7, 11) is 2.09. The number of ether oxygens (including phenoxy) is 1. The number of benzene rings is 1. The third-order valence-electron chi connectivity index (χ3n) is 5.12. The van der Waals surface area contributed by atoms with Crippen molar-refractivity contribution >= 4 is 0 Å². The molecule has 1 aromatic rings. The van der Waals surface area contributed by atoms with Crippen molar-refractivity contribution in [2.24, 2.45) is 0 Å². The number of para-hydroxylation sites is 1. The second-order valence-corrected chi connectivity index (χ2v) is 6.48. The van der Waals surface area contributed by atoms with Crippen LogP contribution in [0.25, 0.3) is 0 Å². The zero-order chi connectivity index (χ0) is 14.0. The van der Waals surface area contributed by atoms with Gasteiger partial charge in [0.25, 0.3) is 0 Å². The lowest BCUT2D eigenvalue weighted by Crippen LogP contribution is -2.50. The number of fused-ring (bicyclic) bond motifs is 1. The van der Waals surface area contributed by atoms with Crippen molar-refractivity contribution in [1.29, 1.82) is 0 Å². The van der Waals surface area contributed by atoms with Crippen molar-refractivity contribution in [1.82, 2.24) is 10.2 Å². The fourth-order valence-electron chi connectivity index (χ4n) is 3.40. The molecule has 0 spiro atoms. The average molecular weight is 274 g/mol. The van der Waals surface area contributed by atoms with Gasteiger partial charge in [-0.1, -0.05) is 18.2 Å². The van der Waals surface area contributed by atoms with E-state index < -0.39 is 0 Å². The Morgan fingerprint density at radius 2 is 2.05 bits per heavy atom. The van der Waals surface area contributed by atoms with Crippen molar-refractivity contribution < 1.29 is 4.74 Å². The smallest absolute Gasteiger partial charge is 0.122 e. The summed E-state index contributed by atoms with van der Waals surface area (Å²) in [5.41, 5.74) is 1.74. The van der Waals surface area contributed by atoms with E-state index in [0.717, 1.165) is 18.8 Å². The molecule has 110 valence electrons. The largest absolute Gasteiger partial charge is 0.493 e. The van der Waals surface area contributed by atoms with Gasteiger partial charge in [-0.05, 0) is 58.0 Å². The van der Waals surface area contributed by atoms with Crippen LogP contribution in [-0.2, 0) is 0 Å². The van der Waals surface area contributed by atoms with Crippen LogP contribution in [0.2, 0.25) is 0 Å². The third kappa shape index (κ3) is 2.84. The van der Waals surface area contributed by atoms with E-state index in [-0.39, 0.29) is 0 Å². The van der Waals surface area contributed by atoms with E-state index in [1.165, 1.54) is 38.0 Å². The summed E-state index contributed by atoms with van der Waals surface area (Å²) < 4.78 is 5.76. The zero-order valence-electron chi connectivity index (χ0n) is 12.7. The van der Waals surface area contributed by atoms with Crippen LogP contribution < -0.4 is 10.1 Å². The molecule has 1 aromatic carbocycles. The fourth-order valence-corrected chi connectivity index (χ4v) is 3.40. The van der Waals surface area contributed by atoms with Crippen molar-refractivity contribution in [3.05, 3.63) is 29.8 Å². The van der Waals surface area contributed by atoms with Gasteiger partial charge >= 0.3 is 0 Å². The molecule has 1 unspecified atom stereocenters. The molecule has 3 nitrogen and oxygen atoms in total. The van der Waals surface area contributed by atoms with Crippen LogP contribution in [0.3, 0.4) is 0 Å². The normalized spacial score (nSPS) is 25.8. The van der Waals surface area contributed by atoms with E-state index in [2.05, 4.69) is 48.5 Å². The van der Waals surface area contributed by atoms with Gasteiger partial charge in [-0.25, -0.2) is 0 Å². The Kier molecular flexibility index (Phi) is 3.99. The molecule has 2 aliphatic heterocycles. The first-order chi connectivity index (χ1) is 9.70. The van der Waals surface area contributed by atoms with Crippen LogP contribution in [0.15, 0.2) is 24.3 Å². The predicted molar refractivity (Wildman–Crippen MR) is 82.4 cm³/mol. The maximum atomic E-state index is 5.76. The summed E-state index contributed by atoms with van der Waals surface area (Å²) in [5, 5.41) is 3.47. The number of likely N-dealkylation sites (tertiary alicyclic amines) is 1. The minimum Gasteiger partial charge on any atom is -0.493 e. The SMILES string of the molecule is CNC1(C)CCN(CC2CCOc3ccccc32)CC1. The van der Waals surface area contributed by atoms with Gasteiger partial charge in [0.2, 0.25) is 0 Å². The number of hydrogen-bond donors (Lipinski definition) is 1. The van der Waals surface area contributed by atoms with Gasteiger partial charge in [0.05, 0.1) is 6.61 Å². The summed E-state index contributed by atoms with van der Waals surface area (Å²) >= 11 is 0. The van der Waals surface area contributed by atoms with Crippen molar-refractivity contribution in [3.63, 3.8) is 0 Å². The van der Waals surface area contributed by atoms with Crippen LogP contribution in [-0.4, -0.2) is 43.7 Å². The van der Waals surface area contributed by atoms with Crippen LogP contribution >= 0.6 is 0 Å². The van der Waals surface area contributed by atoms with Crippen LogP contribution in [0.1, 0.15) is 37.7 Å². The summed E-state index contributed by atoms with van der Waals surface area (Å²) in [5.74, 6) is 1.74. The third-order valence-corrected chi connectivity index (χ3v) is 5.12. The van der Waals surface area contributed by atoms with Crippen molar-refractivity contribution in [2.45, 2.75) is 37.6 Å². The highest BCUT2D eigenvalue weighted by Crippen LogP contribution is 2.34. The Bertz CT molecular complexity index is 452. The molecule has 1 fully saturated rings. The van der Waals surface area contributed by atoms with Crippen LogP contribution in [0.4, 0.5) is 0 Å². The van der Waals surface area contributed by atoms with Crippen LogP contribution in [0.5, 0.6) is 5.75 Å². The molecule has 2 heterocycles. The predicted octanol–water partition coefficient (Wildman–Crippen LogP) is 2.63. The molecule has 2 aliphatic rings. The molecule has 1 saturated heterocycles. The maximum Gasteiger partial charge on any atom is 0.122 e. The second kappa shape index (κ2) is 5.74. The lowest BCUT2D eigenvalue weighted by Gasteiger charge is -2.41. The van der Waals surface area contributed by atoms with E-state index in [1.54, 1.807) is 0 Å². The Morgan fingerprint density at radius 1 is 1.30 bits per heavy atom. The standard InChI is InChI=1S/C17H26N2O/c1-17(18-2)8-10-19(11-9-17)13-14-7-12-20-16-6-4-3-5-15(14)16/h3-6,14,18H,7-13H2,1-2H3. The van der Waals surface area contributed by atoms with Gasteiger partial charge in [-0.3, -0.25) is 0 Å². The highest BCUT2D eigenvalue weighted by atomic mass is 16.5. The minimum absolute atomic E-state index is 0.337. The Hall–Kier alpha value is -1.06. The first-order valence-electron chi connectivity index (χ1n) is 7.83. The van der Waals surface area contributed by atoms with Gasteiger partial charge in [-0.2, -0.15) is 0 Å². The Morgan fingerprint density at radius 3 is 2.80 bits per heavy atom. The molecule has 0 saturated carbocycles. The van der Waals surface area contributed by atoms with E-state index >= 15 is 0 Å². The number of hydrogen-bond acceptors (Lipinski definition) is 3. The van der Waals surface area contributed by atoms with Crippen molar-refractivity contribution in [3.8, 4) is 5.75 Å². The molecule has 0 aromatic heterocycles. The molecule has 1 atom stereocenters. The summed E-state index contributed by atoms with van der Waals surface area (Å²) in [6.45, 7) is 6.80. The van der Waals surface area contributed by atoms with E-state index in [1.807, 2.05) is 0 Å². The zero-order valence-corrected chi connectivity index (χ0v) is 12.7. The molecule has 3 rings (SSSR count). The topological polar surface area (TPSA) is 24.5 Å². The van der Waals surface area contributed by atoms with Crippen LogP contribution in [0, 0.1) is 0 Å². The number of rotatable bonds is 3. The number of nitrogens with zero attached hydrogens (tertiary/aromatic N) is 1. The molecule has 3 heteroatoms. The molecule has 0 radical (unpaired) electrons. The van der Waals surface area contributed by atoms with Gasteiger partial charge in [0.15, 0.2) is 0 Å². The average Bonchev–Trinajstić information content (AvgIpc) is 2.50. The minimum atomic E-state index is 0.337. The molecule has 0 aliphatic carbocycles. The first-order valence-corrected chi connectivity index (χ1v) is 7.83. The quantitative estimate of drug-likeness (QED) is 0.917. The van der Waals surface area contributed by atoms with Gasteiger partial charge < -0.3 is 15.0 Å². The molecule has 0 bridgehead atoms. The van der Waals surface area contributed by atoms with Gasteiger partial charge in [0, 0.05) is 18.0 Å². The van der Waals surface area contributed by atoms with Crippen molar-refractivity contribution in [2.75, 3.05) is 33.3 Å². The molecule has 0 amide bonds. The second-order valence-electron chi connectivity index (χ2n) is 6.48. The van der Waals surface area contributed by atoms with Gasteiger partial charge in [-0.15, -0.1) is 0 Å². The highest BCUT2D eigenvalue weighted by molar-refractivity contribution is 5.37. The summed E-state index contributed by atoms with van der Waals surface area (Å²) in [6, 6.07) is 8.55. The van der Waals surface area contributed by atoms with Gasteiger partial charge in [0.1, 0.15) is 5.75 Å². The Labute approximate surface area is 122 Å². The molecule has 1 N–H and O–H groups in total. The molecular formula is C17H26N2O. The number of piperidine rings is 1. The monoisotopic (exact) mass is 274 g/mol. The summed E-state index contributed by atoms with van der Waals surface area (Å²) in [4.78, 5) is 2.63. The maximum absolute atomic E-state index is 5.76. The lowest BCUT2D eigenvalue weighted by molar-refractivity contribution is 0.136. The van der Waals surface area contributed by atoms with E-state index in [4.69, 9.17) is 4.74 Å². The number of nitrogens with one attached hydrogen (secondary N) is 1. The summed E-state index contributed by atoms with van der Waals surface area (Å²) in [6.07, 6.45) is 3.64. The van der Waals surface area contributed by atoms with E-state index in [0.29, 0.717) is 11.5 Å².